The highest BCUT2D eigenvalue weighted by atomic mass is 16.3. The van der Waals surface area contributed by atoms with Gasteiger partial charge in [-0.2, -0.15) is 0 Å². The summed E-state index contributed by atoms with van der Waals surface area (Å²) in [5, 5.41) is 16.8. The highest BCUT2D eigenvalue weighted by Crippen LogP contribution is 2.09. The van der Waals surface area contributed by atoms with E-state index in [1.807, 2.05) is 18.2 Å². The van der Waals surface area contributed by atoms with Crippen LogP contribution in [0.15, 0.2) is 18.3 Å². The zero-order valence-corrected chi connectivity index (χ0v) is 10.5. The van der Waals surface area contributed by atoms with E-state index in [1.54, 1.807) is 23.2 Å². The van der Waals surface area contributed by atoms with E-state index in [-0.39, 0.29) is 12.5 Å². The summed E-state index contributed by atoms with van der Waals surface area (Å²) in [5.41, 5.74) is 1.21. The smallest absolute Gasteiger partial charge is 0.254 e. The number of aliphatic hydroxyl groups excluding tert-OH is 1. The van der Waals surface area contributed by atoms with E-state index in [4.69, 9.17) is 5.11 Å². The van der Waals surface area contributed by atoms with E-state index in [0.717, 1.165) is 5.82 Å². The van der Waals surface area contributed by atoms with Crippen LogP contribution >= 0.6 is 0 Å². The van der Waals surface area contributed by atoms with E-state index in [1.165, 1.54) is 0 Å². The minimum absolute atomic E-state index is 0.0358. The number of fused-ring (bicyclic) bond motifs is 1. The summed E-state index contributed by atoms with van der Waals surface area (Å²) in [6.07, 6.45) is 1.78. The molecule has 1 N–H and O–H groups in total. The fourth-order valence-electron chi connectivity index (χ4n) is 1.85. The zero-order chi connectivity index (χ0) is 13.1. The number of likely N-dealkylation sites (N-methyl/N-ethyl adjacent to an activating group) is 1. The standard InChI is InChI=1S/C12H16N4O2/c1-3-15(6-7-17)12(18)10-4-5-16-9(2)13-14-11(16)8-10/h4-5,8,17H,3,6-7H2,1-2H3. The molecule has 0 aromatic carbocycles. The average molecular weight is 248 g/mol. The second-order valence-electron chi connectivity index (χ2n) is 4.00. The molecule has 0 unspecified atom stereocenters. The number of rotatable bonds is 4. The molecule has 2 aromatic heterocycles. The maximum absolute atomic E-state index is 12.2. The Hall–Kier alpha value is -1.95. The van der Waals surface area contributed by atoms with Crippen molar-refractivity contribution >= 4 is 11.6 Å². The molecule has 0 aliphatic carbocycles. The first-order valence-corrected chi connectivity index (χ1v) is 5.89. The SMILES string of the molecule is CCN(CCO)C(=O)c1ccn2c(C)nnc2c1. The zero-order valence-electron chi connectivity index (χ0n) is 10.5. The average Bonchev–Trinajstić information content (AvgIpc) is 2.76. The number of hydrogen-bond donors (Lipinski definition) is 1. The van der Waals surface area contributed by atoms with Gasteiger partial charge in [-0.3, -0.25) is 9.20 Å². The molecular formula is C12H16N4O2. The molecule has 0 fully saturated rings. The van der Waals surface area contributed by atoms with Gasteiger partial charge in [0.2, 0.25) is 0 Å². The van der Waals surface area contributed by atoms with Crippen LogP contribution in [0.2, 0.25) is 0 Å². The molecule has 0 aliphatic heterocycles. The van der Waals surface area contributed by atoms with Gasteiger partial charge in [0.15, 0.2) is 5.65 Å². The maximum Gasteiger partial charge on any atom is 0.254 e. The molecule has 18 heavy (non-hydrogen) atoms. The van der Waals surface area contributed by atoms with E-state index in [0.29, 0.717) is 24.3 Å². The van der Waals surface area contributed by atoms with Crippen LogP contribution in [-0.2, 0) is 0 Å². The van der Waals surface area contributed by atoms with E-state index >= 15 is 0 Å². The molecule has 6 heteroatoms. The molecule has 2 aromatic rings. The first kappa shape index (κ1) is 12.5. The minimum Gasteiger partial charge on any atom is -0.395 e. The van der Waals surface area contributed by atoms with Gasteiger partial charge in [-0.1, -0.05) is 0 Å². The maximum atomic E-state index is 12.2. The third-order valence-electron chi connectivity index (χ3n) is 2.87. The summed E-state index contributed by atoms with van der Waals surface area (Å²) >= 11 is 0. The summed E-state index contributed by atoms with van der Waals surface area (Å²) in [6, 6.07) is 3.45. The van der Waals surface area contributed by atoms with Crippen molar-refractivity contribution in [1.29, 1.82) is 0 Å². The van der Waals surface area contributed by atoms with Gasteiger partial charge in [0.1, 0.15) is 5.82 Å². The van der Waals surface area contributed by atoms with Crippen molar-refractivity contribution in [3.05, 3.63) is 29.7 Å². The van der Waals surface area contributed by atoms with Gasteiger partial charge in [0, 0.05) is 24.8 Å². The lowest BCUT2D eigenvalue weighted by Gasteiger charge is -2.19. The molecule has 0 spiro atoms. The number of aryl methyl sites for hydroxylation is 1. The Kier molecular flexibility index (Phi) is 3.57. The lowest BCUT2D eigenvalue weighted by molar-refractivity contribution is 0.0732. The number of carbonyl (C=O) groups excluding carboxylic acids is 1. The summed E-state index contributed by atoms with van der Waals surface area (Å²) in [5.74, 6) is 0.682. The van der Waals surface area contributed by atoms with E-state index in [2.05, 4.69) is 10.2 Å². The molecule has 6 nitrogen and oxygen atoms in total. The van der Waals surface area contributed by atoms with Crippen LogP contribution in [0, 0.1) is 6.92 Å². The first-order valence-electron chi connectivity index (χ1n) is 5.89. The molecule has 0 saturated carbocycles. The number of aliphatic hydroxyl groups is 1. The lowest BCUT2D eigenvalue weighted by Crippen LogP contribution is -2.33. The highest BCUT2D eigenvalue weighted by Gasteiger charge is 2.14. The van der Waals surface area contributed by atoms with E-state index in [9.17, 15) is 4.79 Å². The molecule has 0 aliphatic rings. The van der Waals surface area contributed by atoms with Crippen molar-refractivity contribution in [2.45, 2.75) is 13.8 Å². The summed E-state index contributed by atoms with van der Waals surface area (Å²) in [7, 11) is 0. The fourth-order valence-corrected chi connectivity index (χ4v) is 1.85. The highest BCUT2D eigenvalue weighted by molar-refractivity contribution is 5.95. The minimum atomic E-state index is -0.102. The third-order valence-corrected chi connectivity index (χ3v) is 2.87. The van der Waals surface area contributed by atoms with Crippen LogP contribution in [-0.4, -0.2) is 50.2 Å². The predicted molar refractivity (Wildman–Crippen MR) is 66.4 cm³/mol. The van der Waals surface area contributed by atoms with Crippen LogP contribution in [0.4, 0.5) is 0 Å². The van der Waals surface area contributed by atoms with E-state index < -0.39 is 0 Å². The summed E-state index contributed by atoms with van der Waals surface area (Å²) in [6.45, 7) is 4.60. The summed E-state index contributed by atoms with van der Waals surface area (Å²) in [4.78, 5) is 13.8. The quantitative estimate of drug-likeness (QED) is 0.855. The number of aromatic nitrogens is 3. The number of pyridine rings is 1. The second-order valence-corrected chi connectivity index (χ2v) is 4.00. The van der Waals surface area contributed by atoms with Crippen molar-refractivity contribution in [2.24, 2.45) is 0 Å². The topological polar surface area (TPSA) is 70.7 Å². The molecule has 2 heterocycles. The number of carbonyl (C=O) groups is 1. The Labute approximate surface area is 105 Å². The van der Waals surface area contributed by atoms with Crippen LogP contribution in [0.5, 0.6) is 0 Å². The molecule has 2 rings (SSSR count). The van der Waals surface area contributed by atoms with Crippen LogP contribution in [0.3, 0.4) is 0 Å². The van der Waals surface area contributed by atoms with Gasteiger partial charge in [-0.05, 0) is 26.0 Å². The number of nitrogens with zero attached hydrogens (tertiary/aromatic N) is 4. The van der Waals surface area contributed by atoms with Crippen LogP contribution in [0.25, 0.3) is 5.65 Å². The Morgan fingerprint density at radius 3 is 2.94 bits per heavy atom. The van der Waals surface area contributed by atoms with Crippen molar-refractivity contribution < 1.29 is 9.90 Å². The monoisotopic (exact) mass is 248 g/mol. The van der Waals surface area contributed by atoms with Gasteiger partial charge >= 0.3 is 0 Å². The molecule has 0 bridgehead atoms. The Balaban J connectivity index is 2.32. The van der Waals surface area contributed by atoms with Gasteiger partial charge < -0.3 is 10.0 Å². The molecule has 0 atom stereocenters. The predicted octanol–water partition coefficient (Wildman–Crippen LogP) is 0.492. The molecule has 96 valence electrons. The van der Waals surface area contributed by atoms with Crippen molar-refractivity contribution in [3.8, 4) is 0 Å². The number of hydrogen-bond acceptors (Lipinski definition) is 4. The van der Waals surface area contributed by atoms with Gasteiger partial charge in [-0.25, -0.2) is 0 Å². The number of amides is 1. The summed E-state index contributed by atoms with van der Waals surface area (Å²) < 4.78 is 1.82. The van der Waals surface area contributed by atoms with Crippen molar-refractivity contribution in [3.63, 3.8) is 0 Å². The Bertz CT molecular complexity index is 564. The van der Waals surface area contributed by atoms with Crippen molar-refractivity contribution in [1.82, 2.24) is 19.5 Å². The van der Waals surface area contributed by atoms with Crippen LogP contribution < -0.4 is 0 Å². The molecule has 0 saturated heterocycles. The molecule has 1 amide bonds. The Morgan fingerprint density at radius 1 is 1.50 bits per heavy atom. The molecular weight excluding hydrogens is 232 g/mol. The van der Waals surface area contributed by atoms with Gasteiger partial charge in [0.05, 0.1) is 6.61 Å². The second kappa shape index (κ2) is 5.14. The fraction of sp³-hybridized carbons (Fsp3) is 0.417. The van der Waals surface area contributed by atoms with Crippen molar-refractivity contribution in [2.75, 3.05) is 19.7 Å². The van der Waals surface area contributed by atoms with Gasteiger partial charge in [-0.15, -0.1) is 10.2 Å². The largest absolute Gasteiger partial charge is 0.395 e. The lowest BCUT2D eigenvalue weighted by atomic mass is 10.2. The normalized spacial score (nSPS) is 10.8. The first-order chi connectivity index (χ1) is 8.67. The third kappa shape index (κ3) is 2.19. The molecule has 0 radical (unpaired) electrons. The van der Waals surface area contributed by atoms with Crippen LogP contribution in [0.1, 0.15) is 23.1 Å². The van der Waals surface area contributed by atoms with Gasteiger partial charge in [0.25, 0.3) is 5.91 Å². The Morgan fingerprint density at radius 2 is 2.28 bits per heavy atom.